The van der Waals surface area contributed by atoms with Gasteiger partial charge in [-0.05, 0) is 93.4 Å². The molecule has 0 aromatic carbocycles. The topological polar surface area (TPSA) is 49.8 Å². The summed E-state index contributed by atoms with van der Waals surface area (Å²) in [7, 11) is 2.11. The number of morpholine rings is 1. The first-order chi connectivity index (χ1) is 12.0. The van der Waals surface area contributed by atoms with Gasteiger partial charge in [0.2, 0.25) is 0 Å². The number of aliphatic carboxylic acids is 1. The zero-order valence-electron chi connectivity index (χ0n) is 15.8. The lowest BCUT2D eigenvalue weighted by molar-refractivity contribution is -0.138. The Morgan fingerprint density at radius 1 is 1.00 bits per heavy atom. The van der Waals surface area contributed by atoms with Crippen LogP contribution in [0.4, 0.5) is 0 Å². The highest BCUT2D eigenvalue weighted by atomic mass is 16.5. The molecule has 1 saturated heterocycles. The Balaban J connectivity index is 0.000000190. The molecule has 25 heavy (non-hydrogen) atoms. The molecule has 0 bridgehead atoms. The van der Waals surface area contributed by atoms with E-state index in [2.05, 4.69) is 11.9 Å². The maximum atomic E-state index is 11.0. The number of likely N-dealkylation sites (N-methyl/N-ethyl adjacent to an activating group) is 1. The summed E-state index contributed by atoms with van der Waals surface area (Å²) >= 11 is 0. The molecule has 4 nitrogen and oxygen atoms in total. The summed E-state index contributed by atoms with van der Waals surface area (Å²) in [4.78, 5) is 13.3. The lowest BCUT2D eigenvalue weighted by atomic mass is 9.76. The normalized spacial score (nSPS) is 37.7. The minimum atomic E-state index is -0.578. The quantitative estimate of drug-likeness (QED) is 0.824. The Morgan fingerprint density at radius 3 is 2.12 bits per heavy atom. The van der Waals surface area contributed by atoms with Gasteiger partial charge in [-0.3, -0.25) is 4.79 Å². The molecule has 2 spiro atoms. The van der Waals surface area contributed by atoms with Gasteiger partial charge >= 0.3 is 5.97 Å². The lowest BCUT2D eigenvalue weighted by Crippen LogP contribution is -2.32. The van der Waals surface area contributed by atoms with Gasteiger partial charge in [0.1, 0.15) is 0 Å². The number of ether oxygens (including phenoxy) is 1. The van der Waals surface area contributed by atoms with Crippen LogP contribution in [0, 0.1) is 28.6 Å². The summed E-state index contributed by atoms with van der Waals surface area (Å²) < 4.78 is 5.10. The average molecular weight is 350 g/mol. The van der Waals surface area contributed by atoms with E-state index in [0.717, 1.165) is 38.1 Å². The fraction of sp³-hybridized carbons (Fsp3) is 0.952. The number of fused-ring (bicyclic) bond motifs is 3. The van der Waals surface area contributed by atoms with Gasteiger partial charge in [-0.15, -0.1) is 0 Å². The molecule has 0 radical (unpaired) electrons. The predicted molar refractivity (Wildman–Crippen MR) is 97.5 cm³/mol. The van der Waals surface area contributed by atoms with Gasteiger partial charge in [-0.1, -0.05) is 0 Å². The Labute approximate surface area is 152 Å². The minimum absolute atomic E-state index is 0.426. The summed E-state index contributed by atoms with van der Waals surface area (Å²) in [5.41, 5.74) is 1.38. The van der Waals surface area contributed by atoms with Gasteiger partial charge in [0.15, 0.2) is 0 Å². The Hall–Kier alpha value is -0.610. The Morgan fingerprint density at radius 2 is 1.60 bits per heavy atom. The number of carbonyl (C=O) groups is 1. The highest BCUT2D eigenvalue weighted by Gasteiger charge is 2.64. The molecule has 5 rings (SSSR count). The van der Waals surface area contributed by atoms with Crippen LogP contribution in [-0.4, -0.2) is 49.3 Å². The fourth-order valence-corrected chi connectivity index (χ4v) is 6.21. The molecule has 1 heterocycles. The molecular formula is C21H35NO3. The van der Waals surface area contributed by atoms with Gasteiger partial charge in [0, 0.05) is 19.5 Å². The summed E-state index contributed by atoms with van der Waals surface area (Å²) in [5.74, 6) is 1.77. The number of nitrogens with zero attached hydrogens (tertiary/aromatic N) is 1. The van der Waals surface area contributed by atoms with Crippen LogP contribution in [0.25, 0.3) is 0 Å². The lowest BCUT2D eigenvalue weighted by Gasteiger charge is -2.29. The van der Waals surface area contributed by atoms with E-state index in [4.69, 9.17) is 9.84 Å². The van der Waals surface area contributed by atoms with Crippen molar-refractivity contribution in [1.29, 1.82) is 0 Å². The van der Waals surface area contributed by atoms with Crippen molar-refractivity contribution in [3.05, 3.63) is 0 Å². The van der Waals surface area contributed by atoms with Crippen molar-refractivity contribution >= 4 is 5.97 Å². The third-order valence-electron chi connectivity index (χ3n) is 8.13. The average Bonchev–Trinajstić information content (AvgIpc) is 3.48. The van der Waals surface area contributed by atoms with Gasteiger partial charge in [0.05, 0.1) is 13.2 Å². The second-order valence-electron chi connectivity index (χ2n) is 9.63. The predicted octanol–water partition coefficient (Wildman–Crippen LogP) is 3.80. The van der Waals surface area contributed by atoms with Crippen molar-refractivity contribution < 1.29 is 14.6 Å². The van der Waals surface area contributed by atoms with E-state index in [0.29, 0.717) is 23.2 Å². The molecule has 3 atom stereocenters. The molecule has 4 saturated carbocycles. The van der Waals surface area contributed by atoms with Crippen LogP contribution < -0.4 is 0 Å². The molecular weight excluding hydrogens is 314 g/mol. The number of carboxylic acid groups (broad SMARTS) is 1. The molecule has 142 valence electrons. The molecule has 4 aliphatic carbocycles. The van der Waals surface area contributed by atoms with Gasteiger partial charge < -0.3 is 14.7 Å². The highest BCUT2D eigenvalue weighted by Crippen LogP contribution is 2.73. The van der Waals surface area contributed by atoms with E-state index in [-0.39, 0.29) is 0 Å². The van der Waals surface area contributed by atoms with Crippen molar-refractivity contribution in [2.75, 3.05) is 33.4 Å². The highest BCUT2D eigenvalue weighted by molar-refractivity contribution is 5.67. The summed E-state index contributed by atoms with van der Waals surface area (Å²) in [6.45, 7) is 4.02. The summed E-state index contributed by atoms with van der Waals surface area (Å²) in [6, 6.07) is 0. The van der Waals surface area contributed by atoms with Gasteiger partial charge in [0.25, 0.3) is 0 Å². The van der Waals surface area contributed by atoms with E-state index in [1.54, 1.807) is 0 Å². The molecule has 0 amide bonds. The Kier molecular flexibility index (Phi) is 4.87. The number of hydrogen-bond donors (Lipinski definition) is 1. The largest absolute Gasteiger partial charge is 0.481 e. The second kappa shape index (κ2) is 6.84. The van der Waals surface area contributed by atoms with Crippen LogP contribution in [0.3, 0.4) is 0 Å². The number of rotatable bonds is 2. The first-order valence-corrected chi connectivity index (χ1v) is 10.5. The molecule has 1 N–H and O–H groups in total. The van der Waals surface area contributed by atoms with E-state index < -0.39 is 5.97 Å². The van der Waals surface area contributed by atoms with Crippen molar-refractivity contribution in [2.24, 2.45) is 28.6 Å². The molecule has 1 aliphatic heterocycles. The molecule has 5 aliphatic rings. The number of hydrogen-bond acceptors (Lipinski definition) is 3. The molecule has 0 aromatic heterocycles. The monoisotopic (exact) mass is 349 g/mol. The maximum Gasteiger partial charge on any atom is 0.303 e. The van der Waals surface area contributed by atoms with E-state index in [1.807, 2.05) is 0 Å². The Bertz CT molecular complexity index is 491. The van der Waals surface area contributed by atoms with E-state index in [1.165, 1.54) is 57.8 Å². The van der Waals surface area contributed by atoms with Gasteiger partial charge in [-0.25, -0.2) is 0 Å². The standard InChI is InChI=1S/C16H24O2.C5H11NO/c17-14(18)10-11-1-3-15(5-6-15)12-2-4-16(7-8-16)13(12)9-11;1-6-2-4-7-5-3-6/h11-13H,1-10H2,(H,17,18);2-5H2,1H3. The SMILES string of the molecule is CN1CCOCC1.O=C(O)CC1CCC2(CC2)C2CCC3(CC3)C2C1. The third kappa shape index (κ3) is 3.75. The fourth-order valence-electron chi connectivity index (χ4n) is 6.21. The minimum Gasteiger partial charge on any atom is -0.481 e. The molecule has 5 fully saturated rings. The maximum absolute atomic E-state index is 11.0. The first-order valence-electron chi connectivity index (χ1n) is 10.5. The van der Waals surface area contributed by atoms with Crippen LogP contribution in [0.2, 0.25) is 0 Å². The van der Waals surface area contributed by atoms with Crippen molar-refractivity contribution in [3.8, 4) is 0 Å². The van der Waals surface area contributed by atoms with Crippen LogP contribution in [0.5, 0.6) is 0 Å². The van der Waals surface area contributed by atoms with E-state index in [9.17, 15) is 4.79 Å². The van der Waals surface area contributed by atoms with Crippen LogP contribution >= 0.6 is 0 Å². The second-order valence-corrected chi connectivity index (χ2v) is 9.63. The zero-order valence-corrected chi connectivity index (χ0v) is 15.8. The molecule has 0 aromatic rings. The van der Waals surface area contributed by atoms with Crippen LogP contribution in [0.1, 0.15) is 64.2 Å². The van der Waals surface area contributed by atoms with Crippen molar-refractivity contribution in [1.82, 2.24) is 4.90 Å². The van der Waals surface area contributed by atoms with Crippen molar-refractivity contribution in [2.45, 2.75) is 64.2 Å². The van der Waals surface area contributed by atoms with Crippen LogP contribution in [0.15, 0.2) is 0 Å². The van der Waals surface area contributed by atoms with Crippen LogP contribution in [-0.2, 0) is 9.53 Å². The number of carboxylic acids is 1. The summed E-state index contributed by atoms with van der Waals surface area (Å²) in [5, 5.41) is 9.09. The van der Waals surface area contributed by atoms with Crippen molar-refractivity contribution in [3.63, 3.8) is 0 Å². The molecule has 4 heteroatoms. The van der Waals surface area contributed by atoms with E-state index >= 15 is 0 Å². The third-order valence-corrected chi connectivity index (χ3v) is 8.13. The zero-order chi connectivity index (χ0) is 17.5. The van der Waals surface area contributed by atoms with Gasteiger partial charge in [-0.2, -0.15) is 0 Å². The smallest absolute Gasteiger partial charge is 0.303 e. The molecule has 3 unspecified atom stereocenters. The first kappa shape index (κ1) is 17.8. The summed E-state index contributed by atoms with van der Waals surface area (Å²) in [6.07, 6.45) is 12.9.